The smallest absolute Gasteiger partial charge is 0.266 e. The summed E-state index contributed by atoms with van der Waals surface area (Å²) in [6, 6.07) is 0. The number of hydrogen-bond acceptors (Lipinski definition) is 6. The predicted molar refractivity (Wildman–Crippen MR) is 60.6 cm³/mol. The Morgan fingerprint density at radius 2 is 2.44 bits per heavy atom. The van der Waals surface area contributed by atoms with Crippen molar-refractivity contribution >= 4 is 17.5 Å². The number of carbonyl (C=O) groups excluding carboxylic acids is 1. The number of aromatic nitrogens is 2. The van der Waals surface area contributed by atoms with Gasteiger partial charge in [-0.05, 0) is 0 Å². The van der Waals surface area contributed by atoms with Gasteiger partial charge >= 0.3 is 0 Å². The van der Waals surface area contributed by atoms with E-state index in [0.717, 1.165) is 6.20 Å². The van der Waals surface area contributed by atoms with Crippen LogP contribution in [0.4, 0.5) is 0 Å². The Morgan fingerprint density at radius 1 is 1.78 bits per heavy atom. The minimum absolute atomic E-state index is 0.000538. The van der Waals surface area contributed by atoms with Crippen LogP contribution in [0.2, 0.25) is 0 Å². The van der Waals surface area contributed by atoms with E-state index in [4.69, 9.17) is 27.8 Å². The van der Waals surface area contributed by atoms with E-state index in [2.05, 4.69) is 9.97 Å². The lowest BCUT2D eigenvalue weighted by Crippen LogP contribution is -2.51. The topological polar surface area (TPSA) is 147 Å². The van der Waals surface area contributed by atoms with Crippen LogP contribution in [0.25, 0.3) is 0 Å². The van der Waals surface area contributed by atoms with Crippen molar-refractivity contribution in [1.29, 1.82) is 0 Å². The van der Waals surface area contributed by atoms with E-state index in [0.29, 0.717) is 0 Å². The molecule has 8 nitrogen and oxygen atoms in total. The molecule has 4 atom stereocenters. The molecule has 0 saturated carbocycles. The van der Waals surface area contributed by atoms with E-state index in [1.54, 1.807) is 0 Å². The molecular weight excluding hydrogens is 264 g/mol. The van der Waals surface area contributed by atoms with Gasteiger partial charge in [0.05, 0.1) is 12.8 Å². The standard InChI is InChI=1S/C9H13ClN4O4/c10-6(11)5-9(17,4(15)2-18-5)8-13-1-3(14-8)7(12)16/h1,4-6,15,17H,2,11H2,(H2,12,16)(H,13,14)/t4-,5+,6?,9+/m0/s1. The molecule has 1 amide bonds. The fourth-order valence-electron chi connectivity index (χ4n) is 1.92. The molecule has 7 N–H and O–H groups in total. The average molecular weight is 277 g/mol. The fraction of sp³-hybridized carbons (Fsp3) is 0.556. The number of aromatic amines is 1. The minimum atomic E-state index is -1.91. The number of nitrogens with one attached hydrogen (secondary N) is 1. The predicted octanol–water partition coefficient (Wildman–Crippen LogP) is -2.02. The number of primary amides is 1. The molecule has 1 unspecified atom stereocenters. The highest BCUT2D eigenvalue weighted by Crippen LogP contribution is 2.36. The second-order valence-electron chi connectivity index (χ2n) is 4.05. The molecule has 18 heavy (non-hydrogen) atoms. The third kappa shape index (κ3) is 1.88. The van der Waals surface area contributed by atoms with Crippen molar-refractivity contribution in [3.63, 3.8) is 0 Å². The zero-order chi connectivity index (χ0) is 13.5. The van der Waals surface area contributed by atoms with E-state index < -0.39 is 29.2 Å². The van der Waals surface area contributed by atoms with Gasteiger partial charge in [0.25, 0.3) is 5.91 Å². The molecule has 1 aliphatic rings. The van der Waals surface area contributed by atoms with E-state index in [-0.39, 0.29) is 18.1 Å². The lowest BCUT2D eigenvalue weighted by Gasteiger charge is -2.30. The Balaban J connectivity index is 2.40. The number of alkyl halides is 1. The largest absolute Gasteiger partial charge is 0.387 e. The number of aliphatic hydroxyl groups excluding tert-OH is 1. The zero-order valence-corrected chi connectivity index (χ0v) is 9.96. The molecule has 2 heterocycles. The average Bonchev–Trinajstić information content (AvgIpc) is 2.86. The van der Waals surface area contributed by atoms with Gasteiger partial charge in [0.15, 0.2) is 5.60 Å². The number of hydrogen-bond donors (Lipinski definition) is 5. The fourth-order valence-corrected chi connectivity index (χ4v) is 2.18. The first-order chi connectivity index (χ1) is 8.37. The Bertz CT molecular complexity index is 465. The molecular formula is C9H13ClN4O4. The summed E-state index contributed by atoms with van der Waals surface area (Å²) in [5.74, 6) is -0.806. The molecule has 1 saturated heterocycles. The van der Waals surface area contributed by atoms with Crippen LogP contribution < -0.4 is 11.5 Å². The van der Waals surface area contributed by atoms with Crippen molar-refractivity contribution in [3.05, 3.63) is 17.7 Å². The molecule has 9 heteroatoms. The summed E-state index contributed by atoms with van der Waals surface area (Å²) in [5.41, 5.74) is 7.58. The summed E-state index contributed by atoms with van der Waals surface area (Å²) in [7, 11) is 0. The zero-order valence-electron chi connectivity index (χ0n) is 9.21. The second kappa shape index (κ2) is 4.48. The monoisotopic (exact) mass is 276 g/mol. The SMILES string of the molecule is NC(=O)c1cnc([C@]2(O)[C@@H](C(N)Cl)OC[C@@H]2O)[nH]1. The summed E-state index contributed by atoms with van der Waals surface area (Å²) < 4.78 is 5.13. The van der Waals surface area contributed by atoms with Gasteiger partial charge in [0, 0.05) is 0 Å². The summed E-state index contributed by atoms with van der Waals surface area (Å²) in [6.07, 6.45) is -1.17. The Morgan fingerprint density at radius 3 is 2.94 bits per heavy atom. The van der Waals surface area contributed by atoms with Crippen molar-refractivity contribution in [2.45, 2.75) is 23.3 Å². The Kier molecular flexibility index (Phi) is 3.30. The number of H-pyrrole nitrogens is 1. The van der Waals surface area contributed by atoms with Crippen LogP contribution in [0.3, 0.4) is 0 Å². The van der Waals surface area contributed by atoms with Crippen LogP contribution in [-0.2, 0) is 10.3 Å². The highest BCUT2D eigenvalue weighted by atomic mass is 35.5. The quantitative estimate of drug-likeness (QED) is 0.318. The van der Waals surface area contributed by atoms with Crippen molar-refractivity contribution in [1.82, 2.24) is 9.97 Å². The van der Waals surface area contributed by atoms with Crippen molar-refractivity contribution < 1.29 is 19.7 Å². The van der Waals surface area contributed by atoms with Gasteiger partial charge in [-0.3, -0.25) is 4.79 Å². The summed E-state index contributed by atoms with van der Waals surface area (Å²) in [4.78, 5) is 17.3. The molecule has 0 aliphatic carbocycles. The van der Waals surface area contributed by atoms with Gasteiger partial charge in [0.1, 0.15) is 29.2 Å². The summed E-state index contributed by atoms with van der Waals surface area (Å²) in [5, 5.41) is 20.3. The number of aliphatic hydroxyl groups is 2. The first-order valence-corrected chi connectivity index (χ1v) is 5.58. The van der Waals surface area contributed by atoms with Crippen LogP contribution in [0, 0.1) is 0 Å². The highest BCUT2D eigenvalue weighted by molar-refractivity contribution is 6.20. The molecule has 0 aromatic carbocycles. The van der Waals surface area contributed by atoms with Crippen molar-refractivity contribution in [2.75, 3.05) is 6.61 Å². The number of halogens is 1. The van der Waals surface area contributed by atoms with Gasteiger partial charge in [-0.15, -0.1) is 11.6 Å². The van der Waals surface area contributed by atoms with Crippen LogP contribution in [0.5, 0.6) is 0 Å². The first-order valence-electron chi connectivity index (χ1n) is 5.14. The lowest BCUT2D eigenvalue weighted by molar-refractivity contribution is -0.0895. The maximum Gasteiger partial charge on any atom is 0.266 e. The normalized spacial score (nSPS) is 33.6. The Hall–Kier alpha value is -1.19. The Labute approximate surface area is 107 Å². The van der Waals surface area contributed by atoms with E-state index in [1.807, 2.05) is 0 Å². The number of carbonyl (C=O) groups is 1. The van der Waals surface area contributed by atoms with Crippen molar-refractivity contribution in [3.8, 4) is 0 Å². The van der Waals surface area contributed by atoms with Crippen LogP contribution in [0.1, 0.15) is 16.3 Å². The van der Waals surface area contributed by atoms with E-state index >= 15 is 0 Å². The lowest BCUT2D eigenvalue weighted by atomic mass is 9.92. The molecule has 0 spiro atoms. The van der Waals surface area contributed by atoms with Crippen LogP contribution in [-0.4, -0.2) is 50.4 Å². The third-order valence-corrected chi connectivity index (χ3v) is 3.11. The van der Waals surface area contributed by atoms with Gasteiger partial charge in [-0.2, -0.15) is 0 Å². The molecule has 1 aliphatic heterocycles. The number of imidazole rings is 1. The maximum absolute atomic E-state index is 11.0. The molecule has 1 aromatic rings. The minimum Gasteiger partial charge on any atom is -0.387 e. The number of nitrogens with zero attached hydrogens (tertiary/aromatic N) is 1. The summed E-state index contributed by atoms with van der Waals surface area (Å²) in [6.45, 7) is -0.145. The van der Waals surface area contributed by atoms with Gasteiger partial charge in [0.2, 0.25) is 0 Å². The van der Waals surface area contributed by atoms with Gasteiger partial charge < -0.3 is 31.4 Å². The second-order valence-corrected chi connectivity index (χ2v) is 4.55. The van der Waals surface area contributed by atoms with E-state index in [1.165, 1.54) is 0 Å². The summed E-state index contributed by atoms with van der Waals surface area (Å²) >= 11 is 5.70. The van der Waals surface area contributed by atoms with Crippen LogP contribution >= 0.6 is 11.6 Å². The number of amides is 1. The van der Waals surface area contributed by atoms with E-state index in [9.17, 15) is 15.0 Å². The maximum atomic E-state index is 11.0. The number of rotatable bonds is 3. The molecule has 0 bridgehead atoms. The van der Waals surface area contributed by atoms with Crippen LogP contribution in [0.15, 0.2) is 6.20 Å². The third-order valence-electron chi connectivity index (χ3n) is 2.89. The molecule has 2 rings (SSSR count). The number of ether oxygens (including phenoxy) is 1. The molecule has 0 radical (unpaired) electrons. The first kappa shape index (κ1) is 13.2. The molecule has 100 valence electrons. The van der Waals surface area contributed by atoms with Crippen molar-refractivity contribution in [2.24, 2.45) is 11.5 Å². The molecule has 1 fully saturated rings. The van der Waals surface area contributed by atoms with Gasteiger partial charge in [-0.25, -0.2) is 4.98 Å². The van der Waals surface area contributed by atoms with Gasteiger partial charge in [-0.1, -0.05) is 0 Å². The highest BCUT2D eigenvalue weighted by Gasteiger charge is 2.55. The number of nitrogens with two attached hydrogens (primary N) is 2. The molecule has 1 aromatic heterocycles.